The van der Waals surface area contributed by atoms with Gasteiger partial charge in [0.25, 0.3) is 0 Å². The van der Waals surface area contributed by atoms with E-state index in [1.807, 2.05) is 25.1 Å². The van der Waals surface area contributed by atoms with E-state index in [2.05, 4.69) is 11.4 Å². The maximum Gasteiger partial charge on any atom is 0.176 e. The first-order valence-electron chi connectivity index (χ1n) is 5.04. The van der Waals surface area contributed by atoms with E-state index in [1.54, 1.807) is 20.3 Å². The van der Waals surface area contributed by atoms with Crippen molar-refractivity contribution in [2.45, 2.75) is 19.3 Å². The molecule has 0 spiro atoms. The second kappa shape index (κ2) is 6.11. The largest absolute Gasteiger partial charge is 0.376 e. The number of methoxy groups -OCH3 is 2. The zero-order valence-corrected chi connectivity index (χ0v) is 9.73. The summed E-state index contributed by atoms with van der Waals surface area (Å²) in [4.78, 5) is 0. The summed E-state index contributed by atoms with van der Waals surface area (Å²) < 4.78 is 10.3. The fourth-order valence-corrected chi connectivity index (χ4v) is 1.52. The van der Waals surface area contributed by atoms with Crippen molar-refractivity contribution in [3.63, 3.8) is 0 Å². The second-order valence-electron chi connectivity index (χ2n) is 3.43. The van der Waals surface area contributed by atoms with Crippen molar-refractivity contribution < 1.29 is 9.47 Å². The first-order valence-corrected chi connectivity index (χ1v) is 5.04. The number of nitrogens with zero attached hydrogens (tertiary/aromatic N) is 1. The van der Waals surface area contributed by atoms with Crippen molar-refractivity contribution in [2.75, 3.05) is 19.5 Å². The van der Waals surface area contributed by atoms with Gasteiger partial charge in [-0.15, -0.1) is 0 Å². The van der Waals surface area contributed by atoms with Crippen LogP contribution in [0, 0.1) is 11.3 Å². The predicted molar refractivity (Wildman–Crippen MR) is 62.0 cm³/mol. The van der Waals surface area contributed by atoms with Gasteiger partial charge in [0.1, 0.15) is 6.07 Å². The molecule has 1 aromatic rings. The van der Waals surface area contributed by atoms with Gasteiger partial charge in [-0.1, -0.05) is 12.1 Å². The average molecular weight is 220 g/mol. The van der Waals surface area contributed by atoms with Crippen LogP contribution in [0.25, 0.3) is 0 Å². The van der Waals surface area contributed by atoms with E-state index >= 15 is 0 Å². The van der Waals surface area contributed by atoms with E-state index < -0.39 is 0 Å². The molecule has 4 nitrogen and oxygen atoms in total. The molecule has 0 heterocycles. The molecular formula is C12H16N2O2. The smallest absolute Gasteiger partial charge is 0.176 e. The zero-order valence-electron chi connectivity index (χ0n) is 9.73. The molecule has 1 N–H and O–H groups in total. The highest BCUT2D eigenvalue weighted by Gasteiger charge is 2.16. The number of anilines is 1. The lowest BCUT2D eigenvalue weighted by molar-refractivity contribution is -0.109. The Morgan fingerprint density at radius 3 is 2.44 bits per heavy atom. The van der Waals surface area contributed by atoms with Gasteiger partial charge in [-0.25, -0.2) is 0 Å². The lowest BCUT2D eigenvalue weighted by Gasteiger charge is -2.23. The average Bonchev–Trinajstić information content (AvgIpc) is 2.31. The van der Waals surface area contributed by atoms with Crippen molar-refractivity contribution in [1.82, 2.24) is 0 Å². The van der Waals surface area contributed by atoms with Crippen LogP contribution >= 0.6 is 0 Å². The lowest BCUT2D eigenvalue weighted by Crippen LogP contribution is -2.33. The number of ether oxygens (including phenoxy) is 2. The summed E-state index contributed by atoms with van der Waals surface area (Å²) in [6, 6.07) is 9.43. The Bertz CT molecular complexity index is 370. The van der Waals surface area contributed by atoms with Crippen LogP contribution in [0.15, 0.2) is 24.3 Å². The number of hydrogen-bond donors (Lipinski definition) is 1. The van der Waals surface area contributed by atoms with E-state index in [9.17, 15) is 0 Å². The molecule has 16 heavy (non-hydrogen) atoms. The Labute approximate surface area is 95.8 Å². The van der Waals surface area contributed by atoms with Crippen molar-refractivity contribution in [3.05, 3.63) is 29.8 Å². The zero-order chi connectivity index (χ0) is 12.0. The van der Waals surface area contributed by atoms with Crippen LogP contribution < -0.4 is 5.32 Å². The summed E-state index contributed by atoms with van der Waals surface area (Å²) in [6.45, 7) is 1.94. The van der Waals surface area contributed by atoms with Gasteiger partial charge in [-0.05, 0) is 19.1 Å². The molecule has 0 aliphatic rings. The topological polar surface area (TPSA) is 54.3 Å². The highest BCUT2D eigenvalue weighted by atomic mass is 16.7. The Morgan fingerprint density at radius 2 is 1.88 bits per heavy atom. The van der Waals surface area contributed by atoms with Gasteiger partial charge in [0, 0.05) is 14.2 Å². The Balaban J connectivity index is 2.76. The molecule has 0 fully saturated rings. The summed E-state index contributed by atoms with van der Waals surface area (Å²) in [5, 5.41) is 12.1. The molecule has 0 amide bonds. The highest BCUT2D eigenvalue weighted by molar-refractivity contribution is 5.57. The molecule has 0 radical (unpaired) electrons. The van der Waals surface area contributed by atoms with Crippen molar-refractivity contribution in [3.8, 4) is 6.07 Å². The summed E-state index contributed by atoms with van der Waals surface area (Å²) in [5.41, 5.74) is 1.40. The normalized spacial score (nSPS) is 12.2. The van der Waals surface area contributed by atoms with Crippen LogP contribution in [0.2, 0.25) is 0 Å². The highest BCUT2D eigenvalue weighted by Crippen LogP contribution is 2.16. The first-order chi connectivity index (χ1) is 7.72. The number of rotatable bonds is 5. The van der Waals surface area contributed by atoms with Gasteiger partial charge in [0.15, 0.2) is 6.29 Å². The molecule has 0 saturated heterocycles. The quantitative estimate of drug-likeness (QED) is 0.771. The Morgan fingerprint density at radius 1 is 1.25 bits per heavy atom. The van der Waals surface area contributed by atoms with Crippen LogP contribution in [0.4, 0.5) is 5.69 Å². The van der Waals surface area contributed by atoms with Crippen LogP contribution in [-0.2, 0) is 9.47 Å². The fraction of sp³-hybridized carbons (Fsp3) is 0.417. The van der Waals surface area contributed by atoms with E-state index in [0.717, 1.165) is 5.69 Å². The fourth-order valence-electron chi connectivity index (χ4n) is 1.52. The molecule has 1 unspecified atom stereocenters. The van der Waals surface area contributed by atoms with E-state index in [-0.39, 0.29) is 12.3 Å². The summed E-state index contributed by atoms with van der Waals surface area (Å²) in [7, 11) is 3.17. The van der Waals surface area contributed by atoms with Gasteiger partial charge in [0.05, 0.1) is 17.3 Å². The number of hydrogen-bond acceptors (Lipinski definition) is 4. The minimum atomic E-state index is -0.341. The van der Waals surface area contributed by atoms with Crippen LogP contribution in [0.3, 0.4) is 0 Å². The minimum absolute atomic E-state index is 0.0375. The molecule has 0 saturated carbocycles. The monoisotopic (exact) mass is 220 g/mol. The first kappa shape index (κ1) is 12.5. The summed E-state index contributed by atoms with van der Waals surface area (Å²) in [5.74, 6) is 0. The third kappa shape index (κ3) is 2.96. The molecule has 0 aliphatic carbocycles. The van der Waals surface area contributed by atoms with Crippen LogP contribution in [0.1, 0.15) is 12.5 Å². The van der Waals surface area contributed by atoms with Gasteiger partial charge in [-0.3, -0.25) is 0 Å². The van der Waals surface area contributed by atoms with Gasteiger partial charge in [-0.2, -0.15) is 5.26 Å². The third-order valence-electron chi connectivity index (χ3n) is 2.30. The maximum absolute atomic E-state index is 8.93. The maximum atomic E-state index is 8.93. The minimum Gasteiger partial charge on any atom is -0.376 e. The molecule has 0 aromatic heterocycles. The Kier molecular flexibility index (Phi) is 4.77. The molecule has 1 atom stereocenters. The summed E-state index contributed by atoms with van der Waals surface area (Å²) >= 11 is 0. The van der Waals surface area contributed by atoms with Crippen LogP contribution in [0.5, 0.6) is 0 Å². The van der Waals surface area contributed by atoms with Gasteiger partial charge < -0.3 is 14.8 Å². The molecule has 0 aliphatic heterocycles. The predicted octanol–water partition coefficient (Wildman–Crippen LogP) is 1.98. The number of para-hydroxylation sites is 1. The van der Waals surface area contributed by atoms with E-state index in [4.69, 9.17) is 14.7 Å². The number of nitrogens with one attached hydrogen (secondary N) is 1. The molecule has 0 bridgehead atoms. The number of benzene rings is 1. The molecule has 1 aromatic carbocycles. The van der Waals surface area contributed by atoms with E-state index in [0.29, 0.717) is 5.56 Å². The third-order valence-corrected chi connectivity index (χ3v) is 2.30. The van der Waals surface area contributed by atoms with Crippen molar-refractivity contribution >= 4 is 5.69 Å². The lowest BCUT2D eigenvalue weighted by atomic mass is 10.2. The van der Waals surface area contributed by atoms with Crippen LogP contribution in [-0.4, -0.2) is 26.6 Å². The van der Waals surface area contributed by atoms with Crippen molar-refractivity contribution in [1.29, 1.82) is 5.26 Å². The van der Waals surface area contributed by atoms with Crippen molar-refractivity contribution in [2.24, 2.45) is 0 Å². The van der Waals surface area contributed by atoms with Gasteiger partial charge >= 0.3 is 0 Å². The number of nitriles is 1. The molecule has 86 valence electrons. The van der Waals surface area contributed by atoms with Gasteiger partial charge in [0.2, 0.25) is 0 Å². The molecular weight excluding hydrogens is 204 g/mol. The molecule has 4 heteroatoms. The summed E-state index contributed by atoms with van der Waals surface area (Å²) in [6.07, 6.45) is -0.341. The Hall–Kier alpha value is -1.57. The SMILES string of the molecule is COC(OC)C(C)Nc1ccccc1C#N. The second-order valence-corrected chi connectivity index (χ2v) is 3.43. The standard InChI is InChI=1S/C12H16N2O2/c1-9(12(15-2)16-3)14-11-7-5-4-6-10(11)8-13/h4-7,9,12,14H,1-3H3. The molecule has 1 rings (SSSR count). The van der Waals surface area contributed by atoms with E-state index in [1.165, 1.54) is 0 Å².